The molecule has 0 aliphatic carbocycles. The molecule has 1 saturated heterocycles. The van der Waals surface area contributed by atoms with Gasteiger partial charge in [0.1, 0.15) is 10.6 Å². The number of nitrogens with one attached hydrogen (secondary N) is 1. The second kappa shape index (κ2) is 6.78. The van der Waals surface area contributed by atoms with E-state index in [0.29, 0.717) is 29.0 Å². The summed E-state index contributed by atoms with van der Waals surface area (Å²) in [5, 5.41) is 2.67. The number of anilines is 1. The van der Waals surface area contributed by atoms with Gasteiger partial charge in [-0.15, -0.1) is 0 Å². The van der Waals surface area contributed by atoms with Gasteiger partial charge in [0.05, 0.1) is 5.69 Å². The fraction of sp³-hybridized carbons (Fsp3) is 0.533. The molecule has 0 aromatic heterocycles. The monoisotopic (exact) mass is 402 g/mol. The Balaban J connectivity index is 1.94. The first-order chi connectivity index (χ1) is 11.0. The minimum Gasteiger partial charge on any atom is -0.482 e. The minimum absolute atomic E-state index is 0.0994. The van der Waals surface area contributed by atoms with Crippen LogP contribution in [-0.2, 0) is 14.8 Å². The lowest BCUT2D eigenvalue weighted by Gasteiger charge is -2.26. The SMILES string of the molecule is O=C1COc2cc(S(=O)(=O)N3CCCCCCC3)c(Br)cc2N1. The molecule has 1 aromatic rings. The van der Waals surface area contributed by atoms with Crippen molar-refractivity contribution in [3.63, 3.8) is 0 Å². The number of benzene rings is 1. The zero-order valence-corrected chi connectivity index (χ0v) is 15.1. The highest BCUT2D eigenvalue weighted by molar-refractivity contribution is 9.10. The molecular weight excluding hydrogens is 384 g/mol. The van der Waals surface area contributed by atoms with Crippen LogP contribution in [-0.4, -0.2) is 38.3 Å². The van der Waals surface area contributed by atoms with Crippen LogP contribution in [0.15, 0.2) is 21.5 Å². The van der Waals surface area contributed by atoms with Crippen molar-refractivity contribution < 1.29 is 17.9 Å². The number of hydrogen-bond acceptors (Lipinski definition) is 4. The number of ether oxygens (including phenoxy) is 1. The van der Waals surface area contributed by atoms with E-state index in [9.17, 15) is 13.2 Å². The van der Waals surface area contributed by atoms with E-state index >= 15 is 0 Å². The van der Waals surface area contributed by atoms with Gasteiger partial charge in [0.2, 0.25) is 10.0 Å². The third kappa shape index (κ3) is 3.54. The highest BCUT2D eigenvalue weighted by atomic mass is 79.9. The van der Waals surface area contributed by atoms with E-state index in [-0.39, 0.29) is 17.4 Å². The Labute approximate surface area is 144 Å². The number of nitrogens with zero attached hydrogens (tertiary/aromatic N) is 1. The van der Waals surface area contributed by atoms with Gasteiger partial charge in [-0.1, -0.05) is 19.3 Å². The predicted octanol–water partition coefficient (Wildman–Crippen LogP) is 2.73. The molecule has 1 fully saturated rings. The van der Waals surface area contributed by atoms with Crippen LogP contribution in [0.1, 0.15) is 32.1 Å². The number of hydrogen-bond donors (Lipinski definition) is 1. The molecule has 3 rings (SSSR count). The topological polar surface area (TPSA) is 75.7 Å². The Morgan fingerprint density at radius 3 is 2.43 bits per heavy atom. The highest BCUT2D eigenvalue weighted by Crippen LogP contribution is 2.37. The van der Waals surface area contributed by atoms with Crippen LogP contribution < -0.4 is 10.1 Å². The lowest BCUT2D eigenvalue weighted by atomic mass is 10.1. The zero-order valence-electron chi connectivity index (χ0n) is 12.7. The molecule has 1 aromatic carbocycles. The summed E-state index contributed by atoms with van der Waals surface area (Å²) in [5.41, 5.74) is 0.486. The zero-order chi connectivity index (χ0) is 16.4. The predicted molar refractivity (Wildman–Crippen MR) is 90.1 cm³/mol. The molecule has 1 amide bonds. The van der Waals surface area contributed by atoms with Crippen LogP contribution in [0, 0.1) is 0 Å². The molecule has 0 unspecified atom stereocenters. The van der Waals surface area contributed by atoms with Gasteiger partial charge in [-0.2, -0.15) is 4.31 Å². The number of sulfonamides is 1. The fourth-order valence-corrected chi connectivity index (χ4v) is 5.41. The lowest BCUT2D eigenvalue weighted by Crippen LogP contribution is -2.34. The first-order valence-electron chi connectivity index (χ1n) is 7.75. The number of carbonyl (C=O) groups is 1. The maximum Gasteiger partial charge on any atom is 0.262 e. The molecule has 1 N–H and O–H groups in total. The summed E-state index contributed by atoms with van der Waals surface area (Å²) in [7, 11) is -3.59. The molecule has 0 saturated carbocycles. The lowest BCUT2D eigenvalue weighted by molar-refractivity contribution is -0.118. The highest BCUT2D eigenvalue weighted by Gasteiger charge is 2.29. The van der Waals surface area contributed by atoms with Crippen molar-refractivity contribution in [3.05, 3.63) is 16.6 Å². The fourth-order valence-electron chi connectivity index (χ4n) is 2.88. The quantitative estimate of drug-likeness (QED) is 0.824. The summed E-state index contributed by atoms with van der Waals surface area (Å²) >= 11 is 3.32. The van der Waals surface area contributed by atoms with Crippen LogP contribution in [0.4, 0.5) is 5.69 Å². The van der Waals surface area contributed by atoms with Gasteiger partial charge < -0.3 is 10.1 Å². The summed E-state index contributed by atoms with van der Waals surface area (Å²) in [6.45, 7) is 0.991. The first-order valence-corrected chi connectivity index (χ1v) is 9.98. The van der Waals surface area contributed by atoms with Gasteiger partial charge in [-0.05, 0) is 34.8 Å². The van der Waals surface area contributed by atoms with Crippen LogP contribution in [0.25, 0.3) is 0 Å². The third-order valence-electron chi connectivity index (χ3n) is 4.10. The van der Waals surface area contributed by atoms with Gasteiger partial charge >= 0.3 is 0 Å². The van der Waals surface area contributed by atoms with Gasteiger partial charge in [-0.3, -0.25) is 4.79 Å². The van der Waals surface area contributed by atoms with Crippen molar-refractivity contribution in [1.29, 1.82) is 0 Å². The van der Waals surface area contributed by atoms with Gasteiger partial charge in [0, 0.05) is 23.6 Å². The van der Waals surface area contributed by atoms with Crippen LogP contribution in [0.5, 0.6) is 5.75 Å². The van der Waals surface area contributed by atoms with Crippen molar-refractivity contribution in [2.75, 3.05) is 25.0 Å². The van der Waals surface area contributed by atoms with E-state index in [1.807, 2.05) is 0 Å². The van der Waals surface area contributed by atoms with Gasteiger partial charge in [0.25, 0.3) is 5.91 Å². The summed E-state index contributed by atoms with van der Waals surface area (Å²) in [5.74, 6) is 0.141. The van der Waals surface area contributed by atoms with Crippen molar-refractivity contribution >= 4 is 37.5 Å². The van der Waals surface area contributed by atoms with E-state index in [4.69, 9.17) is 4.74 Å². The molecule has 23 heavy (non-hydrogen) atoms. The molecule has 126 valence electrons. The van der Waals surface area contributed by atoms with E-state index in [1.54, 1.807) is 10.4 Å². The van der Waals surface area contributed by atoms with Crippen molar-refractivity contribution in [1.82, 2.24) is 4.31 Å². The number of halogens is 1. The molecule has 0 bridgehead atoms. The molecule has 0 radical (unpaired) electrons. The van der Waals surface area contributed by atoms with E-state index < -0.39 is 10.0 Å². The van der Waals surface area contributed by atoms with Gasteiger partial charge in [-0.25, -0.2) is 8.42 Å². The molecular formula is C15H19BrN2O4S. The maximum atomic E-state index is 13.0. The Bertz CT molecular complexity index is 712. The molecule has 8 heteroatoms. The molecule has 0 spiro atoms. The smallest absolute Gasteiger partial charge is 0.262 e. The second-order valence-electron chi connectivity index (χ2n) is 5.79. The van der Waals surface area contributed by atoms with E-state index in [2.05, 4.69) is 21.2 Å². The summed E-state index contributed by atoms with van der Waals surface area (Å²) in [6.07, 6.45) is 5.06. The summed E-state index contributed by atoms with van der Waals surface area (Å²) < 4.78 is 33.3. The number of rotatable bonds is 2. The standard InChI is InChI=1S/C15H19BrN2O4S/c16-11-8-12-13(22-10-15(19)17-12)9-14(11)23(20,21)18-6-4-2-1-3-5-7-18/h8-9H,1-7,10H2,(H,17,19). The summed E-state index contributed by atoms with van der Waals surface area (Å²) in [6, 6.07) is 3.08. The Morgan fingerprint density at radius 2 is 1.74 bits per heavy atom. The Kier molecular flexibility index (Phi) is 4.93. The minimum atomic E-state index is -3.59. The number of fused-ring (bicyclic) bond motifs is 1. The molecule has 2 aliphatic rings. The largest absolute Gasteiger partial charge is 0.482 e. The molecule has 2 aliphatic heterocycles. The molecule has 0 atom stereocenters. The van der Waals surface area contributed by atoms with E-state index in [0.717, 1.165) is 25.7 Å². The van der Waals surface area contributed by atoms with Crippen LogP contribution >= 0.6 is 15.9 Å². The maximum absolute atomic E-state index is 13.0. The van der Waals surface area contributed by atoms with Crippen molar-refractivity contribution in [2.45, 2.75) is 37.0 Å². The Hall–Kier alpha value is -1.12. The van der Waals surface area contributed by atoms with Gasteiger partial charge in [0.15, 0.2) is 6.61 Å². The average molecular weight is 403 g/mol. The van der Waals surface area contributed by atoms with Crippen molar-refractivity contribution in [3.8, 4) is 5.75 Å². The van der Waals surface area contributed by atoms with Crippen LogP contribution in [0.3, 0.4) is 0 Å². The third-order valence-corrected chi connectivity index (χ3v) is 6.96. The Morgan fingerprint density at radius 1 is 1.09 bits per heavy atom. The number of amides is 1. The normalized spacial score (nSPS) is 20.0. The molecule has 6 nitrogen and oxygen atoms in total. The van der Waals surface area contributed by atoms with Crippen molar-refractivity contribution in [2.24, 2.45) is 0 Å². The van der Waals surface area contributed by atoms with E-state index in [1.165, 1.54) is 12.5 Å². The summed E-state index contributed by atoms with van der Waals surface area (Å²) in [4.78, 5) is 11.5. The first kappa shape index (κ1) is 16.7. The molecule has 2 heterocycles. The second-order valence-corrected chi connectivity index (χ2v) is 8.55. The van der Waals surface area contributed by atoms with Crippen LogP contribution in [0.2, 0.25) is 0 Å². The number of carbonyl (C=O) groups excluding carboxylic acids is 1. The average Bonchev–Trinajstić information content (AvgIpc) is 2.45.